The summed E-state index contributed by atoms with van der Waals surface area (Å²) in [6, 6.07) is 19.2. The van der Waals surface area contributed by atoms with E-state index in [1.165, 1.54) is 0 Å². The fraction of sp³-hybridized carbons (Fsp3) is 0.214. The summed E-state index contributed by atoms with van der Waals surface area (Å²) in [5.41, 5.74) is 5.31. The first-order valence-electron chi connectivity index (χ1n) is 12.0. The van der Waals surface area contributed by atoms with E-state index in [9.17, 15) is 4.79 Å². The highest BCUT2D eigenvalue weighted by molar-refractivity contribution is 7.80. The molecule has 5 rings (SSSR count). The first kappa shape index (κ1) is 24.9. The third kappa shape index (κ3) is 4.82. The summed E-state index contributed by atoms with van der Waals surface area (Å²) in [7, 11) is 0. The lowest BCUT2D eigenvalue weighted by Crippen LogP contribution is -2.30. The van der Waals surface area contributed by atoms with Gasteiger partial charge in [-0.15, -0.1) is 0 Å². The zero-order valence-electron chi connectivity index (χ0n) is 20.7. The lowest BCUT2D eigenvalue weighted by Gasteiger charge is -2.29. The minimum absolute atomic E-state index is 0.0918. The zero-order chi connectivity index (χ0) is 26.1. The Morgan fingerprint density at radius 2 is 1.92 bits per heavy atom. The molecule has 7 nitrogen and oxygen atoms in total. The number of hydrogen-bond acceptors (Lipinski definition) is 4. The number of anilines is 2. The normalized spacial score (nSPS) is 17.2. The summed E-state index contributed by atoms with van der Waals surface area (Å²) in [5, 5.41) is 7.38. The zero-order valence-corrected chi connectivity index (χ0v) is 22.3. The first-order valence-corrected chi connectivity index (χ1v) is 12.8. The van der Waals surface area contributed by atoms with Crippen LogP contribution < -0.4 is 15.5 Å². The van der Waals surface area contributed by atoms with Crippen LogP contribution in [0.3, 0.4) is 0 Å². The number of thiocarbonyl (C=S) groups is 1. The van der Waals surface area contributed by atoms with Crippen molar-refractivity contribution in [2.45, 2.75) is 32.9 Å². The van der Waals surface area contributed by atoms with Gasteiger partial charge >= 0.3 is 0 Å². The summed E-state index contributed by atoms with van der Waals surface area (Å²) >= 11 is 12.5. The average Bonchev–Trinajstić information content (AvgIpc) is 3.45. The number of carbonyl (C=O) groups excluding carboxylic acids is 1. The minimum Gasteiger partial charge on any atom is -0.351 e. The number of aryl methyl sites for hydroxylation is 1. The predicted molar refractivity (Wildman–Crippen MR) is 151 cm³/mol. The third-order valence-electron chi connectivity index (χ3n) is 6.42. The topological polar surface area (TPSA) is 75.1 Å². The lowest BCUT2D eigenvalue weighted by molar-refractivity contribution is -0.118. The van der Waals surface area contributed by atoms with Crippen LogP contribution in [0.5, 0.6) is 0 Å². The van der Waals surface area contributed by atoms with E-state index >= 15 is 0 Å². The number of amides is 1. The van der Waals surface area contributed by atoms with Gasteiger partial charge in [0.2, 0.25) is 5.91 Å². The van der Waals surface area contributed by atoms with Gasteiger partial charge in [0.1, 0.15) is 6.04 Å². The molecule has 4 heterocycles. The van der Waals surface area contributed by atoms with Gasteiger partial charge in [-0.1, -0.05) is 31.5 Å². The maximum atomic E-state index is 12.2. The fourth-order valence-corrected chi connectivity index (χ4v) is 5.16. The van der Waals surface area contributed by atoms with E-state index in [-0.39, 0.29) is 23.9 Å². The van der Waals surface area contributed by atoms with Crippen LogP contribution in [0.4, 0.5) is 11.4 Å². The molecule has 0 bridgehead atoms. The Bertz CT molecular complexity index is 1440. The molecule has 0 unspecified atom stereocenters. The molecule has 37 heavy (non-hydrogen) atoms. The van der Waals surface area contributed by atoms with Gasteiger partial charge in [-0.2, -0.15) is 0 Å². The van der Waals surface area contributed by atoms with Gasteiger partial charge in [0, 0.05) is 35.4 Å². The molecule has 1 aliphatic rings. The lowest BCUT2D eigenvalue weighted by atomic mass is 10.0. The van der Waals surface area contributed by atoms with Crippen molar-refractivity contribution in [3.05, 3.63) is 101 Å². The molecule has 0 saturated carbocycles. The number of pyridine rings is 2. The summed E-state index contributed by atoms with van der Waals surface area (Å²) in [6.07, 6.45) is 5.40. The molecule has 3 aromatic heterocycles. The molecule has 2 atom stereocenters. The highest BCUT2D eigenvalue weighted by Crippen LogP contribution is 2.43. The van der Waals surface area contributed by atoms with Gasteiger partial charge in [0.05, 0.1) is 34.3 Å². The molecule has 188 valence electrons. The molecule has 4 aromatic rings. The maximum absolute atomic E-state index is 12.2. The van der Waals surface area contributed by atoms with Crippen LogP contribution in [0.25, 0.3) is 5.69 Å². The standard InChI is InChI=1S/C28H27ClN6OS/c1-17(2)27(36)32-22-11-10-19(15-21(22)29)35-26(25(33-28(35)37)23-8-4-5-14-31-23)24-12-9-18(3)34(24)20-7-6-13-30-16-20/h4-17,25-26H,1-3H3,(H,32,36)(H,33,37)/t25-,26+/m1/s1. The van der Waals surface area contributed by atoms with Crippen molar-refractivity contribution in [1.82, 2.24) is 19.9 Å². The summed E-state index contributed by atoms with van der Waals surface area (Å²) in [6.45, 7) is 5.75. The second-order valence-corrected chi connectivity index (χ2v) is 10.0. The predicted octanol–water partition coefficient (Wildman–Crippen LogP) is 6.00. The number of aromatic nitrogens is 3. The monoisotopic (exact) mass is 530 g/mol. The van der Waals surface area contributed by atoms with Crippen LogP contribution in [0.2, 0.25) is 5.02 Å². The molecule has 1 aliphatic heterocycles. The smallest absolute Gasteiger partial charge is 0.226 e. The minimum atomic E-state index is -0.233. The molecule has 0 spiro atoms. The van der Waals surface area contributed by atoms with E-state index in [1.54, 1.807) is 12.4 Å². The highest BCUT2D eigenvalue weighted by Gasteiger charge is 2.42. The summed E-state index contributed by atoms with van der Waals surface area (Å²) in [5.74, 6) is -0.246. The van der Waals surface area contributed by atoms with Crippen molar-refractivity contribution in [3.63, 3.8) is 0 Å². The van der Waals surface area contributed by atoms with E-state index in [1.807, 2.05) is 68.6 Å². The first-order chi connectivity index (χ1) is 17.8. The van der Waals surface area contributed by atoms with Gasteiger partial charge < -0.3 is 20.1 Å². The Hall–Kier alpha value is -3.75. The van der Waals surface area contributed by atoms with Gasteiger partial charge in [-0.05, 0) is 73.7 Å². The van der Waals surface area contributed by atoms with Crippen LogP contribution in [0, 0.1) is 12.8 Å². The number of nitrogens with one attached hydrogen (secondary N) is 2. The Balaban J connectivity index is 1.62. The molecule has 0 aliphatic carbocycles. The van der Waals surface area contributed by atoms with E-state index in [4.69, 9.17) is 23.8 Å². The average molecular weight is 531 g/mol. The van der Waals surface area contributed by atoms with E-state index < -0.39 is 0 Å². The van der Waals surface area contributed by atoms with Gasteiger partial charge in [-0.3, -0.25) is 14.8 Å². The van der Waals surface area contributed by atoms with Crippen molar-refractivity contribution in [2.75, 3.05) is 10.2 Å². The maximum Gasteiger partial charge on any atom is 0.226 e. The fourth-order valence-electron chi connectivity index (χ4n) is 4.59. The molecule has 1 fully saturated rings. The number of benzene rings is 1. The number of hydrogen-bond donors (Lipinski definition) is 2. The highest BCUT2D eigenvalue weighted by atomic mass is 35.5. The summed E-state index contributed by atoms with van der Waals surface area (Å²) in [4.78, 5) is 23.3. The van der Waals surface area contributed by atoms with Crippen molar-refractivity contribution < 1.29 is 4.79 Å². The molecule has 1 aromatic carbocycles. The van der Waals surface area contributed by atoms with Crippen molar-refractivity contribution in [2.24, 2.45) is 5.92 Å². The largest absolute Gasteiger partial charge is 0.351 e. The number of halogens is 1. The van der Waals surface area contributed by atoms with Crippen LogP contribution in [-0.4, -0.2) is 25.6 Å². The van der Waals surface area contributed by atoms with Gasteiger partial charge in [0.15, 0.2) is 5.11 Å². The number of carbonyl (C=O) groups is 1. The van der Waals surface area contributed by atoms with E-state index in [2.05, 4.69) is 49.1 Å². The third-order valence-corrected chi connectivity index (χ3v) is 7.05. The quantitative estimate of drug-likeness (QED) is 0.298. The second-order valence-electron chi connectivity index (χ2n) is 9.25. The van der Waals surface area contributed by atoms with Crippen molar-refractivity contribution in [1.29, 1.82) is 0 Å². The Kier molecular flexibility index (Phi) is 6.95. The molecule has 9 heteroatoms. The van der Waals surface area contributed by atoms with Crippen LogP contribution >= 0.6 is 23.8 Å². The number of rotatable bonds is 6. The Labute approximate surface area is 226 Å². The molecule has 1 amide bonds. The van der Waals surface area contributed by atoms with Crippen molar-refractivity contribution in [3.8, 4) is 5.69 Å². The molecule has 2 N–H and O–H groups in total. The number of nitrogens with zero attached hydrogens (tertiary/aromatic N) is 4. The Morgan fingerprint density at radius 3 is 2.59 bits per heavy atom. The van der Waals surface area contributed by atoms with Crippen molar-refractivity contribution >= 4 is 46.2 Å². The van der Waals surface area contributed by atoms with Gasteiger partial charge in [-0.25, -0.2) is 0 Å². The van der Waals surface area contributed by atoms with Crippen LogP contribution in [0.15, 0.2) is 79.3 Å². The second kappa shape index (κ2) is 10.3. The molecule has 0 radical (unpaired) electrons. The van der Waals surface area contributed by atoms with Crippen LogP contribution in [0.1, 0.15) is 43.0 Å². The molecular formula is C28H27ClN6OS. The summed E-state index contributed by atoms with van der Waals surface area (Å²) < 4.78 is 2.19. The Morgan fingerprint density at radius 1 is 1.08 bits per heavy atom. The molecule has 1 saturated heterocycles. The van der Waals surface area contributed by atoms with Gasteiger partial charge in [0.25, 0.3) is 0 Å². The van der Waals surface area contributed by atoms with Crippen LogP contribution in [-0.2, 0) is 4.79 Å². The van der Waals surface area contributed by atoms with E-state index in [0.29, 0.717) is 15.8 Å². The molecular weight excluding hydrogens is 504 g/mol. The van der Waals surface area contributed by atoms with E-state index in [0.717, 1.165) is 28.5 Å². The SMILES string of the molecule is Cc1ccc([C@H]2[C@@H](c3ccccn3)NC(=S)N2c2ccc(NC(=O)C(C)C)c(Cl)c2)n1-c1cccnc1.